The number of thioether (sulfide) groups is 1. The summed E-state index contributed by atoms with van der Waals surface area (Å²) in [6.07, 6.45) is 0.141. The second-order valence-corrected chi connectivity index (χ2v) is 6.37. The molecule has 1 N–H and O–H groups in total. The zero-order valence-electron chi connectivity index (χ0n) is 13.2. The van der Waals surface area contributed by atoms with Gasteiger partial charge in [0.25, 0.3) is 0 Å². The minimum Gasteiger partial charge on any atom is -0.378 e. The second kappa shape index (κ2) is 6.83. The van der Waals surface area contributed by atoms with Gasteiger partial charge in [-0.25, -0.2) is 0 Å². The lowest BCUT2D eigenvalue weighted by molar-refractivity contribution is -0.127. The topological polar surface area (TPSA) is 65.0 Å². The first-order valence-corrected chi connectivity index (χ1v) is 7.78. The Morgan fingerprint density at radius 3 is 2.50 bits per heavy atom. The van der Waals surface area contributed by atoms with E-state index in [1.165, 1.54) is 16.7 Å². The standard InChI is InChI=1S/C15H20N4O2S/c1-16-15-19(4)14(21)12(22-15)9-13(20)17-10-5-7-11(8-6-10)18(2)3/h5-8,12H,9H2,1-4H3,(H,17,20). The molecule has 0 spiro atoms. The van der Waals surface area contributed by atoms with Crippen LogP contribution in [-0.2, 0) is 9.59 Å². The van der Waals surface area contributed by atoms with E-state index in [0.29, 0.717) is 5.17 Å². The van der Waals surface area contributed by atoms with Crippen molar-refractivity contribution in [3.63, 3.8) is 0 Å². The molecule has 1 aromatic rings. The summed E-state index contributed by atoms with van der Waals surface area (Å²) >= 11 is 1.33. The molecule has 1 aromatic carbocycles. The first kappa shape index (κ1) is 16.4. The maximum Gasteiger partial charge on any atom is 0.242 e. The van der Waals surface area contributed by atoms with E-state index < -0.39 is 5.25 Å². The monoisotopic (exact) mass is 320 g/mol. The number of benzene rings is 1. The van der Waals surface area contributed by atoms with Gasteiger partial charge in [-0.2, -0.15) is 0 Å². The van der Waals surface area contributed by atoms with Gasteiger partial charge in [-0.1, -0.05) is 11.8 Å². The van der Waals surface area contributed by atoms with Crippen LogP contribution in [0.4, 0.5) is 11.4 Å². The highest BCUT2D eigenvalue weighted by Crippen LogP contribution is 2.28. The molecule has 1 atom stereocenters. The summed E-state index contributed by atoms with van der Waals surface area (Å²) in [4.78, 5) is 31.6. The molecule has 22 heavy (non-hydrogen) atoms. The van der Waals surface area contributed by atoms with Gasteiger partial charge >= 0.3 is 0 Å². The van der Waals surface area contributed by atoms with Crippen molar-refractivity contribution in [2.75, 3.05) is 38.4 Å². The van der Waals surface area contributed by atoms with E-state index in [-0.39, 0.29) is 18.2 Å². The van der Waals surface area contributed by atoms with Crippen LogP contribution in [0.15, 0.2) is 29.3 Å². The number of aliphatic imine (C=N–C) groups is 1. The Morgan fingerprint density at radius 2 is 2.00 bits per heavy atom. The molecule has 6 nitrogen and oxygen atoms in total. The fraction of sp³-hybridized carbons (Fsp3) is 0.400. The predicted octanol–water partition coefficient (Wildman–Crippen LogP) is 1.64. The SMILES string of the molecule is CN=C1SC(CC(=O)Nc2ccc(N(C)C)cc2)C(=O)N1C. The minimum absolute atomic E-state index is 0.0799. The largest absolute Gasteiger partial charge is 0.378 e. The Morgan fingerprint density at radius 1 is 1.36 bits per heavy atom. The Balaban J connectivity index is 1.95. The number of nitrogens with zero attached hydrogens (tertiary/aromatic N) is 3. The summed E-state index contributed by atoms with van der Waals surface area (Å²) < 4.78 is 0. The molecule has 2 rings (SSSR count). The van der Waals surface area contributed by atoms with Gasteiger partial charge in [0.15, 0.2) is 5.17 Å². The summed E-state index contributed by atoms with van der Waals surface area (Å²) in [7, 11) is 7.23. The number of carbonyl (C=O) groups is 2. The van der Waals surface area contributed by atoms with Crippen molar-refractivity contribution < 1.29 is 9.59 Å². The highest BCUT2D eigenvalue weighted by molar-refractivity contribution is 8.15. The Bertz CT molecular complexity index is 598. The lowest BCUT2D eigenvalue weighted by atomic mass is 10.2. The zero-order valence-corrected chi connectivity index (χ0v) is 14.0. The van der Waals surface area contributed by atoms with Crippen molar-refractivity contribution in [2.24, 2.45) is 4.99 Å². The molecule has 0 aliphatic carbocycles. The molecule has 1 aliphatic heterocycles. The van der Waals surface area contributed by atoms with E-state index in [1.54, 1.807) is 14.1 Å². The highest BCUT2D eigenvalue weighted by atomic mass is 32.2. The number of anilines is 2. The Labute approximate surface area is 134 Å². The number of amides is 2. The van der Waals surface area contributed by atoms with E-state index in [1.807, 2.05) is 43.3 Å². The van der Waals surface area contributed by atoms with Gasteiger partial charge in [-0.05, 0) is 24.3 Å². The smallest absolute Gasteiger partial charge is 0.242 e. The van der Waals surface area contributed by atoms with Gasteiger partial charge in [-0.3, -0.25) is 19.5 Å². The van der Waals surface area contributed by atoms with Gasteiger partial charge in [-0.15, -0.1) is 0 Å². The molecule has 118 valence electrons. The van der Waals surface area contributed by atoms with Crippen LogP contribution in [0, 0.1) is 0 Å². The van der Waals surface area contributed by atoms with Gasteiger partial charge in [0.05, 0.1) is 0 Å². The summed E-state index contributed by atoms with van der Waals surface area (Å²) in [5, 5.41) is 3.07. The summed E-state index contributed by atoms with van der Waals surface area (Å²) in [6.45, 7) is 0. The quantitative estimate of drug-likeness (QED) is 0.916. The average molecular weight is 320 g/mol. The molecule has 1 unspecified atom stereocenters. The Kier molecular flexibility index (Phi) is 5.07. The lowest BCUT2D eigenvalue weighted by Crippen LogP contribution is -2.30. The number of carbonyl (C=O) groups excluding carboxylic acids is 2. The molecule has 1 aliphatic rings. The van der Waals surface area contributed by atoms with Crippen molar-refractivity contribution >= 4 is 40.1 Å². The average Bonchev–Trinajstić information content (AvgIpc) is 2.75. The van der Waals surface area contributed by atoms with Gasteiger partial charge in [0.1, 0.15) is 5.25 Å². The van der Waals surface area contributed by atoms with E-state index >= 15 is 0 Å². The molecule has 0 saturated carbocycles. The Hall–Kier alpha value is -2.02. The normalized spacial score (nSPS) is 19.6. The van der Waals surface area contributed by atoms with Gasteiger partial charge in [0, 0.05) is 46.0 Å². The van der Waals surface area contributed by atoms with E-state index in [0.717, 1.165) is 11.4 Å². The van der Waals surface area contributed by atoms with Crippen LogP contribution in [0.25, 0.3) is 0 Å². The third-order valence-electron chi connectivity index (χ3n) is 3.37. The third-order valence-corrected chi connectivity index (χ3v) is 4.69. The zero-order chi connectivity index (χ0) is 16.3. The molecular weight excluding hydrogens is 300 g/mol. The van der Waals surface area contributed by atoms with Gasteiger partial charge < -0.3 is 10.2 Å². The molecule has 1 saturated heterocycles. The van der Waals surface area contributed by atoms with Crippen LogP contribution in [-0.4, -0.2) is 55.3 Å². The molecule has 7 heteroatoms. The van der Waals surface area contributed by atoms with Crippen LogP contribution >= 0.6 is 11.8 Å². The highest BCUT2D eigenvalue weighted by Gasteiger charge is 2.36. The summed E-state index contributed by atoms with van der Waals surface area (Å²) in [5.41, 5.74) is 1.79. The maximum atomic E-state index is 12.1. The molecule has 1 fully saturated rings. The summed E-state index contributed by atoms with van der Waals surface area (Å²) in [5.74, 6) is -0.252. The van der Waals surface area contributed by atoms with Gasteiger partial charge in [0.2, 0.25) is 11.8 Å². The number of hydrogen-bond acceptors (Lipinski definition) is 5. The maximum absolute atomic E-state index is 12.1. The lowest BCUT2D eigenvalue weighted by Gasteiger charge is -2.13. The molecule has 0 aromatic heterocycles. The number of nitrogens with one attached hydrogen (secondary N) is 1. The van der Waals surface area contributed by atoms with Crippen LogP contribution in [0.5, 0.6) is 0 Å². The summed E-state index contributed by atoms with van der Waals surface area (Å²) in [6, 6.07) is 7.56. The van der Waals surface area contributed by atoms with Crippen molar-refractivity contribution in [2.45, 2.75) is 11.7 Å². The van der Waals surface area contributed by atoms with E-state index in [9.17, 15) is 9.59 Å². The van der Waals surface area contributed by atoms with Crippen LogP contribution in [0.1, 0.15) is 6.42 Å². The fourth-order valence-electron chi connectivity index (χ4n) is 2.12. The fourth-order valence-corrected chi connectivity index (χ4v) is 3.22. The molecular formula is C15H20N4O2S. The third kappa shape index (κ3) is 3.59. The van der Waals surface area contributed by atoms with Crippen molar-refractivity contribution in [3.05, 3.63) is 24.3 Å². The molecule has 2 amide bonds. The second-order valence-electron chi connectivity index (χ2n) is 5.20. The molecule has 0 bridgehead atoms. The van der Waals surface area contributed by atoms with Crippen LogP contribution in [0.2, 0.25) is 0 Å². The first-order valence-electron chi connectivity index (χ1n) is 6.90. The number of hydrogen-bond donors (Lipinski definition) is 1. The van der Waals surface area contributed by atoms with Crippen molar-refractivity contribution in [1.82, 2.24) is 4.90 Å². The number of amidine groups is 1. The van der Waals surface area contributed by atoms with E-state index in [2.05, 4.69) is 10.3 Å². The van der Waals surface area contributed by atoms with Crippen LogP contribution < -0.4 is 10.2 Å². The van der Waals surface area contributed by atoms with Crippen LogP contribution in [0.3, 0.4) is 0 Å². The van der Waals surface area contributed by atoms with Crippen molar-refractivity contribution in [1.29, 1.82) is 0 Å². The molecule has 0 radical (unpaired) electrons. The predicted molar refractivity (Wildman–Crippen MR) is 91.5 cm³/mol. The molecule has 1 heterocycles. The number of rotatable bonds is 4. The first-order chi connectivity index (χ1) is 10.4. The minimum atomic E-state index is -0.398. The van der Waals surface area contributed by atoms with E-state index in [4.69, 9.17) is 0 Å². The van der Waals surface area contributed by atoms with Crippen molar-refractivity contribution in [3.8, 4) is 0 Å².